The van der Waals surface area contributed by atoms with E-state index in [2.05, 4.69) is 15.5 Å². The number of benzene rings is 1. The van der Waals surface area contributed by atoms with Gasteiger partial charge in [0.2, 0.25) is 5.75 Å². The lowest BCUT2D eigenvalue weighted by atomic mass is 10.2. The van der Waals surface area contributed by atoms with Gasteiger partial charge in [-0.1, -0.05) is 11.3 Å². The van der Waals surface area contributed by atoms with Gasteiger partial charge in [-0.05, 0) is 19.2 Å². The number of aromatic nitrogens is 2. The van der Waals surface area contributed by atoms with Crippen molar-refractivity contribution < 1.29 is 14.2 Å². The number of nitrogens with zero attached hydrogens (tertiary/aromatic N) is 2. The Balaban J connectivity index is 2.37. The van der Waals surface area contributed by atoms with Crippen LogP contribution in [0.25, 0.3) is 10.6 Å². The Labute approximate surface area is 128 Å². The van der Waals surface area contributed by atoms with Gasteiger partial charge in [-0.2, -0.15) is 0 Å². The van der Waals surface area contributed by atoms with Crippen molar-refractivity contribution >= 4 is 11.3 Å². The molecule has 0 radical (unpaired) electrons. The lowest BCUT2D eigenvalue weighted by Crippen LogP contribution is -2.09. The van der Waals surface area contributed by atoms with Crippen molar-refractivity contribution in [2.24, 2.45) is 0 Å². The zero-order chi connectivity index (χ0) is 15.2. The fraction of sp³-hybridized carbons (Fsp3) is 0.429. The molecule has 0 unspecified atom stereocenters. The maximum absolute atomic E-state index is 5.35. The van der Waals surface area contributed by atoms with Crippen molar-refractivity contribution in [3.8, 4) is 27.8 Å². The fourth-order valence-electron chi connectivity index (χ4n) is 1.91. The average molecular weight is 309 g/mol. The summed E-state index contributed by atoms with van der Waals surface area (Å²) in [6.45, 7) is 0.879. The van der Waals surface area contributed by atoms with Crippen LogP contribution in [-0.4, -0.2) is 45.1 Å². The summed E-state index contributed by atoms with van der Waals surface area (Å²) in [5.41, 5.74) is 0.901. The summed E-state index contributed by atoms with van der Waals surface area (Å²) in [4.78, 5) is 0. The van der Waals surface area contributed by atoms with Crippen LogP contribution in [0.4, 0.5) is 0 Å². The molecular formula is C14H19N3O3S. The van der Waals surface area contributed by atoms with E-state index in [1.807, 2.05) is 19.2 Å². The molecule has 0 aliphatic carbocycles. The summed E-state index contributed by atoms with van der Waals surface area (Å²) in [7, 11) is 6.70. The maximum atomic E-state index is 5.35. The van der Waals surface area contributed by atoms with Crippen LogP contribution in [0.1, 0.15) is 5.01 Å². The first kappa shape index (κ1) is 15.5. The Morgan fingerprint density at radius 2 is 1.71 bits per heavy atom. The molecule has 0 amide bonds. The summed E-state index contributed by atoms with van der Waals surface area (Å²) in [5.74, 6) is 1.79. The summed E-state index contributed by atoms with van der Waals surface area (Å²) in [6, 6.07) is 3.76. The summed E-state index contributed by atoms with van der Waals surface area (Å²) >= 11 is 1.56. The molecular weight excluding hydrogens is 290 g/mol. The van der Waals surface area contributed by atoms with E-state index in [9.17, 15) is 0 Å². The van der Waals surface area contributed by atoms with Crippen LogP contribution in [0.15, 0.2) is 12.1 Å². The van der Waals surface area contributed by atoms with Crippen molar-refractivity contribution in [1.82, 2.24) is 15.5 Å². The number of hydrogen-bond donors (Lipinski definition) is 1. The first-order valence-corrected chi connectivity index (χ1v) is 7.32. The molecule has 0 saturated heterocycles. The van der Waals surface area contributed by atoms with Gasteiger partial charge in [-0.25, -0.2) is 0 Å². The fourth-order valence-corrected chi connectivity index (χ4v) is 2.73. The quantitative estimate of drug-likeness (QED) is 0.844. The molecule has 21 heavy (non-hydrogen) atoms. The van der Waals surface area contributed by atoms with E-state index in [4.69, 9.17) is 14.2 Å². The van der Waals surface area contributed by atoms with Crippen LogP contribution >= 0.6 is 11.3 Å². The molecule has 0 atom stereocenters. The van der Waals surface area contributed by atoms with Gasteiger partial charge in [0.25, 0.3) is 0 Å². The van der Waals surface area contributed by atoms with E-state index in [0.29, 0.717) is 17.2 Å². The average Bonchev–Trinajstić information content (AvgIpc) is 3.00. The lowest BCUT2D eigenvalue weighted by Gasteiger charge is -2.13. The first-order valence-electron chi connectivity index (χ1n) is 6.50. The zero-order valence-electron chi connectivity index (χ0n) is 12.6. The summed E-state index contributed by atoms with van der Waals surface area (Å²) in [5, 5.41) is 13.4. The van der Waals surface area contributed by atoms with E-state index in [1.54, 1.807) is 32.7 Å². The number of rotatable bonds is 7. The molecule has 0 saturated carbocycles. The van der Waals surface area contributed by atoms with Crippen LogP contribution in [0, 0.1) is 0 Å². The minimum absolute atomic E-state index is 0.573. The van der Waals surface area contributed by atoms with Crippen molar-refractivity contribution in [3.05, 3.63) is 17.1 Å². The van der Waals surface area contributed by atoms with Gasteiger partial charge in [-0.3, -0.25) is 0 Å². The number of nitrogens with one attached hydrogen (secondary N) is 1. The minimum atomic E-state index is 0.573. The predicted octanol–water partition coefficient (Wildman–Crippen LogP) is 1.99. The number of ether oxygens (including phenoxy) is 3. The predicted molar refractivity (Wildman–Crippen MR) is 82.6 cm³/mol. The van der Waals surface area contributed by atoms with Gasteiger partial charge in [0, 0.05) is 18.5 Å². The summed E-state index contributed by atoms with van der Waals surface area (Å²) in [6.07, 6.45) is 0.860. The molecule has 114 valence electrons. The van der Waals surface area contributed by atoms with Gasteiger partial charge < -0.3 is 19.5 Å². The molecule has 1 N–H and O–H groups in total. The Kier molecular flexibility index (Phi) is 5.35. The smallest absolute Gasteiger partial charge is 0.203 e. The molecule has 2 rings (SSSR count). The normalized spacial score (nSPS) is 10.5. The SMILES string of the molecule is CNCCc1nnc(-c2cc(OC)c(OC)c(OC)c2)s1. The van der Waals surface area contributed by atoms with Crippen LogP contribution in [0.3, 0.4) is 0 Å². The highest BCUT2D eigenvalue weighted by Crippen LogP contribution is 2.41. The first-order chi connectivity index (χ1) is 10.2. The van der Waals surface area contributed by atoms with Crippen LogP contribution in [-0.2, 0) is 6.42 Å². The van der Waals surface area contributed by atoms with Crippen molar-refractivity contribution in [2.45, 2.75) is 6.42 Å². The number of methoxy groups -OCH3 is 3. The molecule has 0 spiro atoms. The van der Waals surface area contributed by atoms with Crippen molar-refractivity contribution in [3.63, 3.8) is 0 Å². The molecule has 1 aromatic carbocycles. The highest BCUT2D eigenvalue weighted by molar-refractivity contribution is 7.14. The van der Waals surface area contributed by atoms with Gasteiger partial charge >= 0.3 is 0 Å². The largest absolute Gasteiger partial charge is 0.493 e. The molecule has 2 aromatic rings. The second-order valence-electron chi connectivity index (χ2n) is 4.27. The third-order valence-corrected chi connectivity index (χ3v) is 4.00. The Morgan fingerprint density at radius 1 is 1.05 bits per heavy atom. The van der Waals surface area contributed by atoms with E-state index in [-0.39, 0.29) is 0 Å². The van der Waals surface area contributed by atoms with Gasteiger partial charge in [0.15, 0.2) is 11.5 Å². The van der Waals surface area contributed by atoms with Crippen molar-refractivity contribution in [2.75, 3.05) is 34.9 Å². The van der Waals surface area contributed by atoms with Crippen LogP contribution < -0.4 is 19.5 Å². The van der Waals surface area contributed by atoms with Crippen LogP contribution in [0.5, 0.6) is 17.2 Å². The lowest BCUT2D eigenvalue weighted by molar-refractivity contribution is 0.324. The van der Waals surface area contributed by atoms with Gasteiger partial charge in [0.1, 0.15) is 10.0 Å². The minimum Gasteiger partial charge on any atom is -0.493 e. The molecule has 0 fully saturated rings. The van der Waals surface area contributed by atoms with Crippen LogP contribution in [0.2, 0.25) is 0 Å². The van der Waals surface area contributed by atoms with Gasteiger partial charge in [0.05, 0.1) is 21.3 Å². The standard InChI is InChI=1S/C14H19N3O3S/c1-15-6-5-12-16-17-14(21-12)9-7-10(18-2)13(20-4)11(8-9)19-3/h7-8,15H,5-6H2,1-4H3. The Bertz CT molecular complexity index is 576. The maximum Gasteiger partial charge on any atom is 0.203 e. The molecule has 6 nitrogen and oxygen atoms in total. The third kappa shape index (κ3) is 3.43. The third-order valence-electron chi connectivity index (χ3n) is 2.97. The Morgan fingerprint density at radius 3 is 2.24 bits per heavy atom. The number of hydrogen-bond acceptors (Lipinski definition) is 7. The molecule has 0 aliphatic rings. The second-order valence-corrected chi connectivity index (χ2v) is 5.33. The van der Waals surface area contributed by atoms with E-state index >= 15 is 0 Å². The van der Waals surface area contributed by atoms with E-state index < -0.39 is 0 Å². The molecule has 0 bridgehead atoms. The molecule has 1 heterocycles. The molecule has 1 aromatic heterocycles. The van der Waals surface area contributed by atoms with E-state index in [1.165, 1.54) is 0 Å². The van der Waals surface area contributed by atoms with E-state index in [0.717, 1.165) is 28.5 Å². The topological polar surface area (TPSA) is 65.5 Å². The second kappa shape index (κ2) is 7.24. The Hall–Kier alpha value is -1.86. The number of likely N-dealkylation sites (N-methyl/N-ethyl adjacent to an activating group) is 1. The van der Waals surface area contributed by atoms with Crippen molar-refractivity contribution in [1.29, 1.82) is 0 Å². The zero-order valence-corrected chi connectivity index (χ0v) is 13.4. The monoisotopic (exact) mass is 309 g/mol. The summed E-state index contributed by atoms with van der Waals surface area (Å²) < 4.78 is 16.0. The molecule has 7 heteroatoms. The highest BCUT2D eigenvalue weighted by atomic mass is 32.1. The highest BCUT2D eigenvalue weighted by Gasteiger charge is 2.16. The van der Waals surface area contributed by atoms with Gasteiger partial charge in [-0.15, -0.1) is 10.2 Å². The molecule has 0 aliphatic heterocycles.